The van der Waals surface area contributed by atoms with Gasteiger partial charge in [0.2, 0.25) is 0 Å². The first-order chi connectivity index (χ1) is 9.04. The van der Waals surface area contributed by atoms with Crippen LogP contribution in [0.5, 0.6) is 5.75 Å². The van der Waals surface area contributed by atoms with E-state index >= 15 is 0 Å². The maximum Gasteiger partial charge on any atom is 0.387 e. The summed E-state index contributed by atoms with van der Waals surface area (Å²) < 4.78 is 28.3. The number of ether oxygens (including phenoxy) is 1. The van der Waals surface area contributed by atoms with E-state index in [2.05, 4.69) is 14.8 Å². The number of alkyl halides is 2. The highest BCUT2D eigenvalue weighted by molar-refractivity contribution is 5.30. The smallest absolute Gasteiger partial charge is 0.387 e. The Kier molecular flexibility index (Phi) is 6.01. The highest BCUT2D eigenvalue weighted by Crippen LogP contribution is 2.24. The van der Waals surface area contributed by atoms with Crippen LogP contribution in [0.3, 0.4) is 0 Å². The Morgan fingerprint density at radius 1 is 1.37 bits per heavy atom. The van der Waals surface area contributed by atoms with Gasteiger partial charge in [-0.2, -0.15) is 8.78 Å². The highest BCUT2D eigenvalue weighted by Gasteiger charge is 2.18. The highest BCUT2D eigenvalue weighted by atomic mass is 19.3. The average Bonchev–Trinajstić information content (AvgIpc) is 2.37. The molecule has 6 nitrogen and oxygen atoms in total. The Morgan fingerprint density at radius 3 is 2.74 bits per heavy atom. The standard InChI is InChI=1S/C11H13F2N3O3/c12-11(13)19-8-3-1-2-7(6-8)10(18)9(17)4-5-15-16-14/h1-3,6,9-11,17-18H,4-5H2. The molecule has 0 amide bonds. The molecule has 104 valence electrons. The van der Waals surface area contributed by atoms with Gasteiger partial charge in [0.25, 0.3) is 0 Å². The fourth-order valence-electron chi connectivity index (χ4n) is 1.49. The van der Waals surface area contributed by atoms with Crippen LogP contribution >= 0.6 is 0 Å². The van der Waals surface area contributed by atoms with Crippen LogP contribution in [-0.2, 0) is 0 Å². The molecule has 0 heterocycles. The Balaban J connectivity index is 2.69. The summed E-state index contributed by atoms with van der Waals surface area (Å²) in [5, 5.41) is 22.7. The van der Waals surface area contributed by atoms with E-state index in [1.807, 2.05) is 0 Å². The fraction of sp³-hybridized carbons (Fsp3) is 0.455. The summed E-state index contributed by atoms with van der Waals surface area (Å²) in [4.78, 5) is 2.52. The topological polar surface area (TPSA) is 98.5 Å². The van der Waals surface area contributed by atoms with Gasteiger partial charge >= 0.3 is 6.61 Å². The molecule has 19 heavy (non-hydrogen) atoms. The normalized spacial score (nSPS) is 13.7. The van der Waals surface area contributed by atoms with Crippen LogP contribution in [0.2, 0.25) is 0 Å². The molecular weight excluding hydrogens is 260 g/mol. The van der Waals surface area contributed by atoms with Gasteiger partial charge in [0.05, 0.1) is 6.10 Å². The molecule has 1 aromatic rings. The van der Waals surface area contributed by atoms with E-state index in [0.29, 0.717) is 0 Å². The second kappa shape index (κ2) is 7.52. The minimum atomic E-state index is -2.96. The molecule has 2 N–H and O–H groups in total. The van der Waals surface area contributed by atoms with Crippen molar-refractivity contribution in [1.82, 2.24) is 0 Å². The fourth-order valence-corrected chi connectivity index (χ4v) is 1.49. The summed E-state index contributed by atoms with van der Waals surface area (Å²) in [7, 11) is 0. The number of aliphatic hydroxyl groups excluding tert-OH is 2. The minimum Gasteiger partial charge on any atom is -0.435 e. The predicted molar refractivity (Wildman–Crippen MR) is 62.7 cm³/mol. The Bertz CT molecular complexity index is 453. The summed E-state index contributed by atoms with van der Waals surface area (Å²) in [6.45, 7) is -2.93. The lowest BCUT2D eigenvalue weighted by Gasteiger charge is -2.18. The molecule has 0 radical (unpaired) electrons. The number of halogens is 2. The lowest BCUT2D eigenvalue weighted by molar-refractivity contribution is -0.0501. The Labute approximate surface area is 107 Å². The van der Waals surface area contributed by atoms with E-state index in [1.165, 1.54) is 24.3 Å². The molecule has 0 spiro atoms. The summed E-state index contributed by atoms with van der Waals surface area (Å²) in [5.74, 6) is -0.103. The van der Waals surface area contributed by atoms with Gasteiger partial charge in [-0.1, -0.05) is 17.2 Å². The first kappa shape index (κ1) is 15.2. The Morgan fingerprint density at radius 2 is 2.11 bits per heavy atom. The zero-order chi connectivity index (χ0) is 14.3. The first-order valence-corrected chi connectivity index (χ1v) is 5.46. The maximum atomic E-state index is 12.0. The average molecular weight is 273 g/mol. The second-order valence-corrected chi connectivity index (χ2v) is 3.71. The van der Waals surface area contributed by atoms with Crippen LogP contribution in [-0.4, -0.2) is 29.5 Å². The summed E-state index contributed by atoms with van der Waals surface area (Å²) in [5.41, 5.74) is 8.32. The molecule has 0 aliphatic heterocycles. The molecule has 1 rings (SSSR count). The predicted octanol–water partition coefficient (Wildman–Crippen LogP) is 2.38. The van der Waals surface area contributed by atoms with Gasteiger partial charge in [0, 0.05) is 11.5 Å². The van der Waals surface area contributed by atoms with E-state index < -0.39 is 18.8 Å². The van der Waals surface area contributed by atoms with Gasteiger partial charge in [-0.3, -0.25) is 0 Å². The summed E-state index contributed by atoms with van der Waals surface area (Å²) >= 11 is 0. The zero-order valence-electron chi connectivity index (χ0n) is 9.86. The molecule has 2 unspecified atom stereocenters. The molecule has 0 aromatic heterocycles. The van der Waals surface area contributed by atoms with E-state index in [0.717, 1.165) is 0 Å². The molecule has 8 heteroatoms. The lowest BCUT2D eigenvalue weighted by atomic mass is 10.0. The summed E-state index contributed by atoms with van der Waals surface area (Å²) in [6.07, 6.45) is -2.37. The molecule has 1 aromatic carbocycles. The third-order valence-electron chi connectivity index (χ3n) is 2.38. The zero-order valence-corrected chi connectivity index (χ0v) is 9.86. The monoisotopic (exact) mass is 273 g/mol. The van der Waals surface area contributed by atoms with Crippen LogP contribution < -0.4 is 4.74 Å². The van der Waals surface area contributed by atoms with Crippen LogP contribution in [0.25, 0.3) is 10.4 Å². The van der Waals surface area contributed by atoms with Crippen molar-refractivity contribution in [2.24, 2.45) is 5.11 Å². The lowest BCUT2D eigenvalue weighted by Crippen LogP contribution is -2.19. The first-order valence-electron chi connectivity index (χ1n) is 5.46. The summed E-state index contributed by atoms with van der Waals surface area (Å²) in [6, 6.07) is 5.43. The van der Waals surface area contributed by atoms with E-state index in [-0.39, 0.29) is 24.3 Å². The SMILES string of the molecule is [N-]=[N+]=NCCC(O)C(O)c1cccc(OC(F)F)c1. The molecule has 2 atom stereocenters. The number of hydrogen-bond donors (Lipinski definition) is 2. The van der Waals surface area contributed by atoms with E-state index in [1.54, 1.807) is 0 Å². The van der Waals surface area contributed by atoms with Crippen molar-refractivity contribution < 1.29 is 23.7 Å². The maximum absolute atomic E-state index is 12.0. The molecule has 0 fully saturated rings. The molecular formula is C11H13F2N3O3. The van der Waals surface area contributed by atoms with Gasteiger partial charge in [0.15, 0.2) is 0 Å². The van der Waals surface area contributed by atoms with Gasteiger partial charge < -0.3 is 14.9 Å². The Hall–Kier alpha value is -1.89. The third kappa shape index (κ3) is 5.09. The quantitative estimate of drug-likeness (QED) is 0.453. The number of benzene rings is 1. The van der Waals surface area contributed by atoms with Crippen LogP contribution in [0.15, 0.2) is 29.4 Å². The largest absolute Gasteiger partial charge is 0.435 e. The van der Waals surface area contributed by atoms with Gasteiger partial charge in [-0.15, -0.1) is 0 Å². The molecule has 0 aliphatic carbocycles. The van der Waals surface area contributed by atoms with E-state index in [9.17, 15) is 19.0 Å². The van der Waals surface area contributed by atoms with Crippen molar-refractivity contribution in [3.8, 4) is 5.75 Å². The van der Waals surface area contributed by atoms with Crippen molar-refractivity contribution in [2.75, 3.05) is 6.54 Å². The van der Waals surface area contributed by atoms with Gasteiger partial charge in [-0.05, 0) is 29.6 Å². The van der Waals surface area contributed by atoms with Crippen molar-refractivity contribution in [3.63, 3.8) is 0 Å². The van der Waals surface area contributed by atoms with Gasteiger partial charge in [-0.25, -0.2) is 0 Å². The van der Waals surface area contributed by atoms with Crippen molar-refractivity contribution >= 4 is 0 Å². The number of rotatable bonds is 7. The molecule has 0 aliphatic rings. The molecule has 0 saturated heterocycles. The number of nitrogens with zero attached hydrogens (tertiary/aromatic N) is 3. The van der Waals surface area contributed by atoms with Crippen LogP contribution in [0.4, 0.5) is 8.78 Å². The van der Waals surface area contributed by atoms with Crippen molar-refractivity contribution in [1.29, 1.82) is 0 Å². The van der Waals surface area contributed by atoms with Crippen LogP contribution in [0.1, 0.15) is 18.1 Å². The second-order valence-electron chi connectivity index (χ2n) is 3.71. The molecule has 0 saturated carbocycles. The van der Waals surface area contributed by atoms with Crippen molar-refractivity contribution in [2.45, 2.75) is 25.2 Å². The minimum absolute atomic E-state index is 0.0297. The number of aliphatic hydroxyl groups is 2. The number of hydrogen-bond acceptors (Lipinski definition) is 4. The van der Waals surface area contributed by atoms with Crippen molar-refractivity contribution in [3.05, 3.63) is 40.3 Å². The number of azide groups is 1. The van der Waals surface area contributed by atoms with E-state index in [4.69, 9.17) is 5.53 Å². The van der Waals surface area contributed by atoms with Crippen LogP contribution in [0, 0.1) is 0 Å². The van der Waals surface area contributed by atoms with Gasteiger partial charge in [0.1, 0.15) is 11.9 Å². The third-order valence-corrected chi connectivity index (χ3v) is 2.38. The molecule has 0 bridgehead atoms.